The predicted molar refractivity (Wildman–Crippen MR) is 32.5 cm³/mol. The van der Waals surface area contributed by atoms with Gasteiger partial charge in [-0.25, -0.2) is 0 Å². The zero-order chi connectivity index (χ0) is 8.15. The second-order valence-electron chi connectivity index (χ2n) is 1.88. The summed E-state index contributed by atoms with van der Waals surface area (Å²) in [5.74, 6) is -2.20. The van der Waals surface area contributed by atoms with Crippen molar-refractivity contribution in [2.75, 3.05) is 0 Å². The average molecular weight is 238 g/mol. The van der Waals surface area contributed by atoms with Gasteiger partial charge in [0.15, 0.2) is 0 Å². The standard InChI is InChI=1S/C5H9NO4.Zr/c6-3(5(9)10)1-2-4(7)8;/h3H,1-2,6H2,(H,7,8)(H,9,10);. The van der Waals surface area contributed by atoms with Gasteiger partial charge in [-0.15, -0.1) is 0 Å². The summed E-state index contributed by atoms with van der Waals surface area (Å²) in [5.41, 5.74) is 5.00. The van der Waals surface area contributed by atoms with Crippen molar-refractivity contribution in [2.45, 2.75) is 18.9 Å². The Kier molecular flexibility index (Phi) is 7.89. The van der Waals surface area contributed by atoms with Gasteiger partial charge in [-0.3, -0.25) is 9.59 Å². The number of aliphatic carboxylic acids is 2. The first kappa shape index (κ1) is 13.4. The number of hydrogen-bond donors (Lipinski definition) is 3. The van der Waals surface area contributed by atoms with Crippen LogP contribution in [0.15, 0.2) is 0 Å². The van der Waals surface area contributed by atoms with Crippen molar-refractivity contribution >= 4 is 11.9 Å². The first-order valence-corrected chi connectivity index (χ1v) is 2.74. The first-order valence-electron chi connectivity index (χ1n) is 2.74. The molecule has 0 saturated carbocycles. The van der Waals surface area contributed by atoms with E-state index in [1.165, 1.54) is 0 Å². The van der Waals surface area contributed by atoms with Crippen molar-refractivity contribution in [2.24, 2.45) is 5.73 Å². The summed E-state index contributed by atoms with van der Waals surface area (Å²) in [7, 11) is 0. The third kappa shape index (κ3) is 7.68. The van der Waals surface area contributed by atoms with Crippen LogP contribution in [0.4, 0.5) is 0 Å². The Balaban J connectivity index is 0. The van der Waals surface area contributed by atoms with E-state index < -0.39 is 18.0 Å². The minimum absolute atomic E-state index is 0. The van der Waals surface area contributed by atoms with Gasteiger partial charge < -0.3 is 15.9 Å². The van der Waals surface area contributed by atoms with Crippen molar-refractivity contribution in [1.29, 1.82) is 0 Å². The van der Waals surface area contributed by atoms with E-state index in [1.807, 2.05) is 0 Å². The summed E-state index contributed by atoms with van der Waals surface area (Å²) in [4.78, 5) is 19.9. The van der Waals surface area contributed by atoms with Crippen molar-refractivity contribution in [3.05, 3.63) is 0 Å². The van der Waals surface area contributed by atoms with Crippen molar-refractivity contribution in [3.63, 3.8) is 0 Å². The number of rotatable bonds is 4. The Morgan fingerprint density at radius 1 is 1.36 bits per heavy atom. The zero-order valence-electron chi connectivity index (χ0n) is 5.78. The van der Waals surface area contributed by atoms with Gasteiger partial charge in [0.05, 0.1) is 0 Å². The van der Waals surface area contributed by atoms with Gasteiger partial charge in [0.1, 0.15) is 6.04 Å². The van der Waals surface area contributed by atoms with E-state index in [9.17, 15) is 9.59 Å². The topological polar surface area (TPSA) is 101 Å². The van der Waals surface area contributed by atoms with Crippen LogP contribution < -0.4 is 5.73 Å². The Labute approximate surface area is 82.7 Å². The molecule has 0 radical (unpaired) electrons. The summed E-state index contributed by atoms with van der Waals surface area (Å²) < 4.78 is 0. The van der Waals surface area contributed by atoms with Gasteiger partial charge in [0, 0.05) is 32.6 Å². The van der Waals surface area contributed by atoms with E-state index in [1.54, 1.807) is 0 Å². The minimum Gasteiger partial charge on any atom is -0.481 e. The molecule has 0 saturated heterocycles. The Morgan fingerprint density at radius 2 is 1.82 bits per heavy atom. The summed E-state index contributed by atoms with van der Waals surface area (Å²) >= 11 is 0. The average Bonchev–Trinajstić information content (AvgIpc) is 1.82. The molecule has 62 valence electrons. The maximum absolute atomic E-state index is 9.99. The van der Waals surface area contributed by atoms with Crippen LogP contribution in [0.1, 0.15) is 12.8 Å². The van der Waals surface area contributed by atoms with Crippen molar-refractivity contribution < 1.29 is 46.0 Å². The molecule has 1 atom stereocenters. The molecule has 1 unspecified atom stereocenters. The molecule has 0 aromatic rings. The number of carboxylic acids is 2. The minimum atomic E-state index is -1.17. The van der Waals surface area contributed by atoms with E-state index in [0.717, 1.165) is 0 Å². The molecule has 0 aliphatic rings. The molecule has 0 aliphatic heterocycles. The molecule has 4 N–H and O–H groups in total. The fraction of sp³-hybridized carbons (Fsp3) is 0.600. The molecule has 0 amide bonds. The summed E-state index contributed by atoms with van der Waals surface area (Å²) in [5, 5.41) is 16.3. The normalized spacial score (nSPS) is 11.4. The second kappa shape index (κ2) is 6.49. The summed E-state index contributed by atoms with van der Waals surface area (Å²) in [6, 6.07) is -1.06. The molecule has 0 spiro atoms. The molecule has 0 bridgehead atoms. The monoisotopic (exact) mass is 237 g/mol. The van der Waals surface area contributed by atoms with Gasteiger partial charge in [-0.2, -0.15) is 0 Å². The fourth-order valence-electron chi connectivity index (χ4n) is 0.402. The molecule has 0 aromatic heterocycles. The number of carboxylic acid groups (broad SMARTS) is 2. The molecule has 5 nitrogen and oxygen atoms in total. The molecule has 0 aliphatic carbocycles. The van der Waals surface area contributed by atoms with Crippen LogP contribution in [0.2, 0.25) is 0 Å². The summed E-state index contributed by atoms with van der Waals surface area (Å²) in [6.07, 6.45) is -0.224. The van der Waals surface area contributed by atoms with Crippen LogP contribution in [0, 0.1) is 0 Å². The van der Waals surface area contributed by atoms with Crippen LogP contribution in [-0.4, -0.2) is 28.2 Å². The van der Waals surface area contributed by atoms with Crippen LogP contribution >= 0.6 is 0 Å². The van der Waals surface area contributed by atoms with E-state index in [4.69, 9.17) is 15.9 Å². The molecule has 0 heterocycles. The molecular weight excluding hydrogens is 229 g/mol. The SMILES string of the molecule is NC(CCC(=O)O)C(=O)O.[Zr]. The maximum Gasteiger partial charge on any atom is 0.320 e. The second-order valence-corrected chi connectivity index (χ2v) is 1.88. The maximum atomic E-state index is 9.99. The van der Waals surface area contributed by atoms with E-state index in [-0.39, 0.29) is 39.0 Å². The Bertz CT molecular complexity index is 149. The Hall–Kier alpha value is -0.217. The van der Waals surface area contributed by atoms with Crippen LogP contribution in [0.25, 0.3) is 0 Å². The first-order chi connectivity index (χ1) is 4.54. The molecule has 0 fully saturated rings. The molecule has 11 heavy (non-hydrogen) atoms. The fourth-order valence-corrected chi connectivity index (χ4v) is 0.402. The van der Waals surface area contributed by atoms with Crippen LogP contribution in [0.3, 0.4) is 0 Å². The van der Waals surface area contributed by atoms with Crippen LogP contribution in [0.5, 0.6) is 0 Å². The largest absolute Gasteiger partial charge is 0.481 e. The van der Waals surface area contributed by atoms with Crippen LogP contribution in [-0.2, 0) is 35.8 Å². The van der Waals surface area contributed by atoms with Gasteiger partial charge in [-0.05, 0) is 6.42 Å². The molecular formula is C5H9NO4Zr. The van der Waals surface area contributed by atoms with Gasteiger partial charge in [0.25, 0.3) is 0 Å². The molecule has 6 heteroatoms. The van der Waals surface area contributed by atoms with Crippen molar-refractivity contribution in [1.82, 2.24) is 0 Å². The number of hydrogen-bond acceptors (Lipinski definition) is 3. The number of carbonyl (C=O) groups is 2. The summed E-state index contributed by atoms with van der Waals surface area (Å²) in [6.45, 7) is 0. The number of nitrogens with two attached hydrogens (primary N) is 1. The van der Waals surface area contributed by atoms with Gasteiger partial charge in [-0.1, -0.05) is 0 Å². The quantitative estimate of drug-likeness (QED) is 0.599. The molecule has 0 rings (SSSR count). The third-order valence-corrected chi connectivity index (χ3v) is 0.986. The predicted octanol–water partition coefficient (Wildman–Crippen LogP) is -0.739. The third-order valence-electron chi connectivity index (χ3n) is 0.986. The van der Waals surface area contributed by atoms with Crippen molar-refractivity contribution in [3.8, 4) is 0 Å². The van der Waals surface area contributed by atoms with Gasteiger partial charge in [0.2, 0.25) is 0 Å². The van der Waals surface area contributed by atoms with E-state index in [2.05, 4.69) is 0 Å². The molecule has 0 aromatic carbocycles. The zero-order valence-corrected chi connectivity index (χ0v) is 8.24. The van der Waals surface area contributed by atoms with E-state index in [0.29, 0.717) is 0 Å². The Morgan fingerprint density at radius 3 is 2.09 bits per heavy atom. The van der Waals surface area contributed by atoms with E-state index >= 15 is 0 Å². The smallest absolute Gasteiger partial charge is 0.320 e. The van der Waals surface area contributed by atoms with Gasteiger partial charge >= 0.3 is 11.9 Å².